The SMILES string of the molecule is CCC(CNC(=O)[C@H](C)N)Cc1cccc(Br)c1. The summed E-state index contributed by atoms with van der Waals surface area (Å²) >= 11 is 3.47. The van der Waals surface area contributed by atoms with Crippen LogP contribution in [0.25, 0.3) is 0 Å². The first kappa shape index (κ1) is 15.2. The standard InChI is InChI=1S/C14H21BrN2O/c1-3-11(9-17-14(18)10(2)16)7-12-5-4-6-13(15)8-12/h4-6,8,10-11H,3,7,9,16H2,1-2H3,(H,17,18)/t10-,11?/m0/s1. The molecule has 1 rings (SSSR count). The van der Waals surface area contributed by atoms with E-state index in [0.29, 0.717) is 12.5 Å². The van der Waals surface area contributed by atoms with Crippen LogP contribution in [0, 0.1) is 5.92 Å². The number of halogens is 1. The third kappa shape index (κ3) is 5.19. The van der Waals surface area contributed by atoms with E-state index in [4.69, 9.17) is 5.73 Å². The maximum Gasteiger partial charge on any atom is 0.236 e. The smallest absolute Gasteiger partial charge is 0.236 e. The molecule has 100 valence electrons. The van der Waals surface area contributed by atoms with Gasteiger partial charge >= 0.3 is 0 Å². The molecule has 18 heavy (non-hydrogen) atoms. The van der Waals surface area contributed by atoms with E-state index < -0.39 is 6.04 Å². The second-order valence-corrected chi connectivity index (χ2v) is 5.56. The number of nitrogens with two attached hydrogens (primary N) is 1. The number of amides is 1. The normalized spacial score (nSPS) is 14.0. The summed E-state index contributed by atoms with van der Waals surface area (Å²) in [4.78, 5) is 11.4. The van der Waals surface area contributed by atoms with Crippen molar-refractivity contribution in [2.45, 2.75) is 32.7 Å². The van der Waals surface area contributed by atoms with Crippen molar-refractivity contribution in [3.63, 3.8) is 0 Å². The Morgan fingerprint density at radius 1 is 1.50 bits per heavy atom. The molecular formula is C14H21BrN2O. The topological polar surface area (TPSA) is 55.1 Å². The van der Waals surface area contributed by atoms with Crippen molar-refractivity contribution in [1.29, 1.82) is 0 Å². The van der Waals surface area contributed by atoms with E-state index >= 15 is 0 Å². The van der Waals surface area contributed by atoms with Crippen molar-refractivity contribution in [2.75, 3.05) is 6.54 Å². The second-order valence-electron chi connectivity index (χ2n) is 4.64. The predicted octanol–water partition coefficient (Wildman–Crippen LogP) is 2.48. The van der Waals surface area contributed by atoms with Gasteiger partial charge in [-0.05, 0) is 37.0 Å². The fourth-order valence-electron chi connectivity index (χ4n) is 1.76. The number of carbonyl (C=O) groups is 1. The Hall–Kier alpha value is -0.870. The second kappa shape index (κ2) is 7.54. The lowest BCUT2D eigenvalue weighted by atomic mass is 9.97. The molecule has 0 radical (unpaired) electrons. The van der Waals surface area contributed by atoms with Crippen molar-refractivity contribution in [1.82, 2.24) is 5.32 Å². The monoisotopic (exact) mass is 312 g/mol. The van der Waals surface area contributed by atoms with E-state index in [-0.39, 0.29) is 5.91 Å². The number of hydrogen-bond donors (Lipinski definition) is 2. The Bertz CT molecular complexity index is 393. The zero-order chi connectivity index (χ0) is 13.5. The number of carbonyl (C=O) groups excluding carboxylic acids is 1. The number of nitrogens with one attached hydrogen (secondary N) is 1. The van der Waals surface area contributed by atoms with Crippen LogP contribution >= 0.6 is 15.9 Å². The van der Waals surface area contributed by atoms with Crippen molar-refractivity contribution < 1.29 is 4.79 Å². The van der Waals surface area contributed by atoms with Crippen LogP contribution in [0.5, 0.6) is 0 Å². The van der Waals surface area contributed by atoms with Crippen LogP contribution < -0.4 is 11.1 Å². The van der Waals surface area contributed by atoms with E-state index in [1.807, 2.05) is 12.1 Å². The number of hydrogen-bond acceptors (Lipinski definition) is 2. The molecule has 0 saturated heterocycles. The lowest BCUT2D eigenvalue weighted by Crippen LogP contribution is -2.40. The molecule has 0 fully saturated rings. The minimum Gasteiger partial charge on any atom is -0.354 e. The third-order valence-electron chi connectivity index (χ3n) is 2.97. The Labute approximate surface area is 117 Å². The van der Waals surface area contributed by atoms with Gasteiger partial charge in [0.05, 0.1) is 6.04 Å². The molecule has 3 N–H and O–H groups in total. The van der Waals surface area contributed by atoms with E-state index in [2.05, 4.69) is 40.3 Å². The Morgan fingerprint density at radius 3 is 2.78 bits per heavy atom. The van der Waals surface area contributed by atoms with E-state index in [9.17, 15) is 4.79 Å². The summed E-state index contributed by atoms with van der Waals surface area (Å²) in [5, 5.41) is 2.89. The molecule has 4 heteroatoms. The average Bonchev–Trinajstić information content (AvgIpc) is 2.33. The average molecular weight is 313 g/mol. The van der Waals surface area contributed by atoms with Crippen LogP contribution in [0.4, 0.5) is 0 Å². The summed E-state index contributed by atoms with van der Waals surface area (Å²) in [5.41, 5.74) is 6.80. The lowest BCUT2D eigenvalue weighted by Gasteiger charge is -2.17. The lowest BCUT2D eigenvalue weighted by molar-refractivity contribution is -0.122. The first-order chi connectivity index (χ1) is 8.52. The van der Waals surface area contributed by atoms with Gasteiger partial charge in [0.15, 0.2) is 0 Å². The molecule has 0 aliphatic heterocycles. The molecule has 0 aliphatic rings. The van der Waals surface area contributed by atoms with E-state index in [0.717, 1.165) is 17.3 Å². The maximum atomic E-state index is 11.4. The first-order valence-corrected chi connectivity index (χ1v) is 7.10. The first-order valence-electron chi connectivity index (χ1n) is 6.30. The highest BCUT2D eigenvalue weighted by atomic mass is 79.9. The predicted molar refractivity (Wildman–Crippen MR) is 78.3 cm³/mol. The summed E-state index contributed by atoms with van der Waals surface area (Å²) in [6, 6.07) is 7.85. The van der Waals surface area contributed by atoms with Gasteiger partial charge in [-0.1, -0.05) is 41.4 Å². The van der Waals surface area contributed by atoms with Crippen LogP contribution in [0.1, 0.15) is 25.8 Å². The fraction of sp³-hybridized carbons (Fsp3) is 0.500. The maximum absolute atomic E-state index is 11.4. The molecular weight excluding hydrogens is 292 g/mol. The van der Waals surface area contributed by atoms with Crippen molar-refractivity contribution >= 4 is 21.8 Å². The molecule has 1 aromatic rings. The van der Waals surface area contributed by atoms with Gasteiger partial charge in [-0.25, -0.2) is 0 Å². The largest absolute Gasteiger partial charge is 0.354 e. The summed E-state index contributed by atoms with van der Waals surface area (Å²) in [6.07, 6.45) is 2.00. The summed E-state index contributed by atoms with van der Waals surface area (Å²) in [7, 11) is 0. The minimum atomic E-state index is -0.437. The molecule has 1 unspecified atom stereocenters. The molecule has 1 amide bonds. The third-order valence-corrected chi connectivity index (χ3v) is 3.46. The molecule has 1 aromatic carbocycles. The minimum absolute atomic E-state index is 0.0808. The Morgan fingerprint density at radius 2 is 2.22 bits per heavy atom. The van der Waals surface area contributed by atoms with Gasteiger partial charge in [-0.15, -0.1) is 0 Å². The van der Waals surface area contributed by atoms with Crippen LogP contribution in [0.2, 0.25) is 0 Å². The molecule has 0 saturated carbocycles. The number of rotatable bonds is 6. The molecule has 0 heterocycles. The Balaban J connectivity index is 2.49. The highest BCUT2D eigenvalue weighted by Gasteiger charge is 2.11. The zero-order valence-electron chi connectivity index (χ0n) is 10.9. The number of benzene rings is 1. The zero-order valence-corrected chi connectivity index (χ0v) is 12.5. The van der Waals surface area contributed by atoms with Crippen LogP contribution in [-0.2, 0) is 11.2 Å². The van der Waals surface area contributed by atoms with Crippen molar-refractivity contribution in [3.8, 4) is 0 Å². The van der Waals surface area contributed by atoms with Gasteiger partial charge in [0, 0.05) is 11.0 Å². The molecule has 3 nitrogen and oxygen atoms in total. The van der Waals surface area contributed by atoms with Crippen LogP contribution in [-0.4, -0.2) is 18.5 Å². The molecule has 2 atom stereocenters. The fourth-order valence-corrected chi connectivity index (χ4v) is 2.21. The molecule has 0 aliphatic carbocycles. The quantitative estimate of drug-likeness (QED) is 0.848. The molecule has 0 bridgehead atoms. The van der Waals surface area contributed by atoms with Gasteiger partial charge in [-0.3, -0.25) is 4.79 Å². The summed E-state index contributed by atoms with van der Waals surface area (Å²) in [5.74, 6) is 0.365. The van der Waals surface area contributed by atoms with E-state index in [1.54, 1.807) is 6.92 Å². The van der Waals surface area contributed by atoms with Gasteiger partial charge in [0.25, 0.3) is 0 Å². The molecule has 0 aromatic heterocycles. The van der Waals surface area contributed by atoms with Crippen LogP contribution in [0.3, 0.4) is 0 Å². The van der Waals surface area contributed by atoms with E-state index in [1.165, 1.54) is 5.56 Å². The highest BCUT2D eigenvalue weighted by Crippen LogP contribution is 2.16. The van der Waals surface area contributed by atoms with Gasteiger partial charge < -0.3 is 11.1 Å². The van der Waals surface area contributed by atoms with Crippen LogP contribution in [0.15, 0.2) is 28.7 Å². The van der Waals surface area contributed by atoms with Gasteiger partial charge in [0.2, 0.25) is 5.91 Å². The highest BCUT2D eigenvalue weighted by molar-refractivity contribution is 9.10. The van der Waals surface area contributed by atoms with Crippen molar-refractivity contribution in [3.05, 3.63) is 34.3 Å². The van der Waals surface area contributed by atoms with Crippen molar-refractivity contribution in [2.24, 2.45) is 11.7 Å². The Kier molecular flexibility index (Phi) is 6.36. The summed E-state index contributed by atoms with van der Waals surface area (Å²) in [6.45, 7) is 4.52. The molecule has 0 spiro atoms. The summed E-state index contributed by atoms with van der Waals surface area (Å²) < 4.78 is 1.09. The van der Waals surface area contributed by atoms with Gasteiger partial charge in [-0.2, -0.15) is 0 Å². The van der Waals surface area contributed by atoms with Gasteiger partial charge in [0.1, 0.15) is 0 Å².